The maximum Gasteiger partial charge on any atom is 0.232 e. The number of para-hydroxylation sites is 1. The fourth-order valence-electron chi connectivity index (χ4n) is 6.71. The van der Waals surface area contributed by atoms with Crippen LogP contribution in [0.3, 0.4) is 0 Å². The van der Waals surface area contributed by atoms with E-state index in [1.54, 1.807) is 46.6 Å². The normalized spacial score (nSPS) is 28.2. The zero-order chi connectivity index (χ0) is 30.4. The summed E-state index contributed by atoms with van der Waals surface area (Å²) >= 11 is 0. The smallest absolute Gasteiger partial charge is 0.232 e. The first kappa shape index (κ1) is 28.8. The van der Waals surface area contributed by atoms with E-state index in [4.69, 9.17) is 47.4 Å². The average molecular weight is 609 g/mol. The van der Waals surface area contributed by atoms with Crippen molar-refractivity contribution >= 4 is 0 Å². The molecule has 4 aliphatic rings. The van der Waals surface area contributed by atoms with Crippen molar-refractivity contribution in [2.45, 2.75) is 30.5 Å². The lowest BCUT2D eigenvalue weighted by Gasteiger charge is -2.35. The van der Waals surface area contributed by atoms with E-state index in [1.165, 1.54) is 0 Å². The lowest BCUT2D eigenvalue weighted by molar-refractivity contribution is -0.153. The summed E-state index contributed by atoms with van der Waals surface area (Å²) in [5.74, 6) is 3.67. The van der Waals surface area contributed by atoms with Crippen LogP contribution in [0.2, 0.25) is 0 Å². The summed E-state index contributed by atoms with van der Waals surface area (Å²) in [7, 11) is 6.40. The van der Waals surface area contributed by atoms with E-state index >= 15 is 0 Å². The minimum absolute atomic E-state index is 0.0136. The summed E-state index contributed by atoms with van der Waals surface area (Å²) in [5.41, 5.74) is 1.38. The summed E-state index contributed by atoms with van der Waals surface area (Å²) in [4.78, 5) is 0. The Labute approximate surface area is 255 Å². The van der Waals surface area contributed by atoms with Crippen molar-refractivity contribution in [2.24, 2.45) is 11.8 Å². The van der Waals surface area contributed by atoms with Crippen LogP contribution in [0.15, 0.2) is 48.5 Å². The summed E-state index contributed by atoms with van der Waals surface area (Å²) in [6.45, 7) is 0.945. The Bertz CT molecular complexity index is 1500. The number of ether oxygens (including phenoxy) is 10. The zero-order valence-corrected chi connectivity index (χ0v) is 25.1. The third-order valence-corrected chi connectivity index (χ3v) is 8.93. The van der Waals surface area contributed by atoms with Gasteiger partial charge in [0.25, 0.3) is 0 Å². The lowest BCUT2D eigenvalue weighted by Crippen LogP contribution is -2.47. The molecule has 0 spiro atoms. The highest BCUT2D eigenvalue weighted by Crippen LogP contribution is 2.53. The molecule has 0 saturated carbocycles. The molecule has 0 amide bonds. The first-order chi connectivity index (χ1) is 21.5. The highest BCUT2D eigenvalue weighted by Gasteiger charge is 2.61. The predicted octanol–water partition coefficient (Wildman–Crippen LogP) is 4.23. The van der Waals surface area contributed by atoms with Crippen LogP contribution in [-0.2, 0) is 20.6 Å². The van der Waals surface area contributed by atoms with Crippen LogP contribution in [0.5, 0.6) is 40.2 Å². The fraction of sp³-hybridized carbons (Fsp3) is 0.455. The molecule has 0 radical (unpaired) electrons. The van der Waals surface area contributed by atoms with Crippen molar-refractivity contribution in [1.29, 1.82) is 0 Å². The quantitative estimate of drug-likeness (QED) is 0.377. The summed E-state index contributed by atoms with van der Waals surface area (Å²) in [5, 5.41) is 11.9. The molecular formula is C33H36O11. The monoisotopic (exact) mass is 608 g/mol. The Morgan fingerprint density at radius 1 is 0.841 bits per heavy atom. The Hall–Kier alpha value is -3.90. The van der Waals surface area contributed by atoms with Crippen molar-refractivity contribution < 1.29 is 52.5 Å². The van der Waals surface area contributed by atoms with E-state index in [9.17, 15) is 5.11 Å². The molecule has 4 aliphatic heterocycles. The van der Waals surface area contributed by atoms with E-state index < -0.39 is 23.9 Å². The maximum atomic E-state index is 11.9. The van der Waals surface area contributed by atoms with E-state index in [2.05, 4.69) is 6.07 Å². The van der Waals surface area contributed by atoms with E-state index in [0.29, 0.717) is 41.8 Å². The molecule has 0 bridgehead atoms. The van der Waals surface area contributed by atoms with E-state index in [1.807, 2.05) is 24.3 Å². The van der Waals surface area contributed by atoms with Crippen LogP contribution >= 0.6 is 0 Å². The third kappa shape index (κ3) is 4.75. The highest BCUT2D eigenvalue weighted by atomic mass is 16.7. The molecule has 0 aromatic heterocycles. The largest absolute Gasteiger partial charge is 0.496 e. The standard InChI is InChI=1S/C33H36O11/c1-35-14-20-10-19-11-21(27(38-4)13-26(19)43-29(20)18-8-9-23-28(12-18)42-17-41-23)30-22-15-39-32(33(22,34)16-40-30)44-31-24(36-2)6-5-7-25(31)37-3/h5-9,11-13,20,22,29-30,32,34H,10,14-17H2,1-4H3/t20-,22-,29-,30-,32-,33-/m0/s1. The first-order valence-corrected chi connectivity index (χ1v) is 14.6. The molecule has 44 heavy (non-hydrogen) atoms. The topological polar surface area (TPSA) is 113 Å². The number of fused-ring (bicyclic) bond motifs is 3. The second-order valence-corrected chi connectivity index (χ2v) is 11.4. The SMILES string of the molecule is COC[C@@H]1Cc2cc([C@@H]3OC[C@@]4(O)[C@H](Oc5c(OC)cccc5OC)OC[C@@H]34)c(OC)cc2O[C@H]1c1ccc2c(c1)OCO2. The molecule has 4 heterocycles. The summed E-state index contributed by atoms with van der Waals surface area (Å²) < 4.78 is 58.7. The Morgan fingerprint density at radius 2 is 1.61 bits per heavy atom. The van der Waals surface area contributed by atoms with Gasteiger partial charge < -0.3 is 52.5 Å². The molecule has 7 rings (SSSR count). The van der Waals surface area contributed by atoms with Crippen LogP contribution in [0.1, 0.15) is 28.9 Å². The van der Waals surface area contributed by atoms with Gasteiger partial charge in [0, 0.05) is 24.7 Å². The molecule has 2 saturated heterocycles. The molecule has 3 aromatic carbocycles. The Morgan fingerprint density at radius 3 is 2.36 bits per heavy atom. The molecule has 0 unspecified atom stereocenters. The van der Waals surface area contributed by atoms with Crippen molar-refractivity contribution in [3.05, 3.63) is 65.2 Å². The first-order valence-electron chi connectivity index (χ1n) is 14.6. The minimum Gasteiger partial charge on any atom is -0.496 e. The fourth-order valence-corrected chi connectivity index (χ4v) is 6.71. The summed E-state index contributed by atoms with van der Waals surface area (Å²) in [6.07, 6.45) is -1.05. The number of methoxy groups -OCH3 is 4. The van der Waals surface area contributed by atoms with Gasteiger partial charge in [-0.1, -0.05) is 12.1 Å². The minimum atomic E-state index is -1.42. The van der Waals surface area contributed by atoms with Gasteiger partial charge in [-0.3, -0.25) is 0 Å². The molecule has 0 aliphatic carbocycles. The molecule has 6 atom stereocenters. The number of aliphatic hydroxyl groups is 1. The zero-order valence-electron chi connectivity index (χ0n) is 25.1. The van der Waals surface area contributed by atoms with Crippen LogP contribution in [0.25, 0.3) is 0 Å². The van der Waals surface area contributed by atoms with Gasteiger partial charge >= 0.3 is 0 Å². The van der Waals surface area contributed by atoms with Crippen LogP contribution in [0.4, 0.5) is 0 Å². The van der Waals surface area contributed by atoms with Crippen molar-refractivity contribution in [1.82, 2.24) is 0 Å². The predicted molar refractivity (Wildman–Crippen MR) is 155 cm³/mol. The third-order valence-electron chi connectivity index (χ3n) is 8.93. The van der Waals surface area contributed by atoms with E-state index in [-0.39, 0.29) is 32.0 Å². The van der Waals surface area contributed by atoms with Crippen molar-refractivity contribution in [3.8, 4) is 40.2 Å². The van der Waals surface area contributed by atoms with Crippen LogP contribution < -0.4 is 33.2 Å². The lowest BCUT2D eigenvalue weighted by atomic mass is 9.83. The van der Waals surface area contributed by atoms with Gasteiger partial charge in [-0.2, -0.15) is 0 Å². The van der Waals surface area contributed by atoms with Gasteiger partial charge in [0.05, 0.1) is 53.2 Å². The average Bonchev–Trinajstić information content (AvgIpc) is 3.74. The van der Waals surface area contributed by atoms with Gasteiger partial charge in [0.15, 0.2) is 28.6 Å². The Kier molecular flexibility index (Phi) is 7.57. The molecule has 234 valence electrons. The maximum absolute atomic E-state index is 11.9. The van der Waals surface area contributed by atoms with Gasteiger partial charge in [-0.05, 0) is 47.9 Å². The molecule has 3 aromatic rings. The van der Waals surface area contributed by atoms with Gasteiger partial charge in [-0.15, -0.1) is 0 Å². The number of hydrogen-bond acceptors (Lipinski definition) is 11. The van der Waals surface area contributed by atoms with Crippen LogP contribution in [-0.4, -0.2) is 72.1 Å². The molecule has 1 N–H and O–H groups in total. The van der Waals surface area contributed by atoms with Gasteiger partial charge in [0.2, 0.25) is 18.8 Å². The number of rotatable bonds is 9. The molecule has 11 nitrogen and oxygen atoms in total. The number of hydrogen-bond donors (Lipinski definition) is 1. The molecular weight excluding hydrogens is 572 g/mol. The second kappa shape index (κ2) is 11.6. The molecule has 11 heteroatoms. The Balaban J connectivity index is 1.17. The van der Waals surface area contributed by atoms with Crippen LogP contribution in [0, 0.1) is 11.8 Å². The van der Waals surface area contributed by atoms with Crippen molar-refractivity contribution in [2.75, 3.05) is 55.1 Å². The van der Waals surface area contributed by atoms with Gasteiger partial charge in [0.1, 0.15) is 17.6 Å². The highest BCUT2D eigenvalue weighted by molar-refractivity contribution is 5.53. The van der Waals surface area contributed by atoms with E-state index in [0.717, 1.165) is 28.2 Å². The van der Waals surface area contributed by atoms with Crippen molar-refractivity contribution in [3.63, 3.8) is 0 Å². The number of benzene rings is 3. The molecule has 2 fully saturated rings. The summed E-state index contributed by atoms with van der Waals surface area (Å²) in [6, 6.07) is 15.2. The van der Waals surface area contributed by atoms with Gasteiger partial charge in [-0.25, -0.2) is 0 Å². The second-order valence-electron chi connectivity index (χ2n) is 11.4.